The summed E-state index contributed by atoms with van der Waals surface area (Å²) in [5, 5.41) is 9.33. The zero-order chi connectivity index (χ0) is 18.5. The molecule has 2 heterocycles. The van der Waals surface area contributed by atoms with Crippen molar-refractivity contribution in [2.75, 3.05) is 18.4 Å². The number of carbonyl (C=O) groups is 2. The zero-order valence-electron chi connectivity index (χ0n) is 15.2. The van der Waals surface area contributed by atoms with Crippen LogP contribution in [0.1, 0.15) is 43.6 Å². The van der Waals surface area contributed by atoms with E-state index in [4.69, 9.17) is 4.52 Å². The Morgan fingerprint density at radius 2 is 2.04 bits per heavy atom. The van der Waals surface area contributed by atoms with Gasteiger partial charge >= 0.3 is 6.03 Å². The van der Waals surface area contributed by atoms with Crippen LogP contribution in [-0.4, -0.2) is 36.0 Å². The van der Waals surface area contributed by atoms with Gasteiger partial charge in [0.1, 0.15) is 17.2 Å². The van der Waals surface area contributed by atoms with Gasteiger partial charge in [-0.05, 0) is 33.1 Å². The molecular formula is C17H26N6O3. The van der Waals surface area contributed by atoms with Crippen molar-refractivity contribution >= 4 is 23.5 Å². The monoisotopic (exact) mass is 362 g/mol. The van der Waals surface area contributed by atoms with E-state index in [2.05, 4.69) is 31.6 Å². The summed E-state index contributed by atoms with van der Waals surface area (Å²) in [6.45, 7) is 4.62. The number of aliphatic imine (C=N–C) groups is 1. The fraction of sp³-hybridized carbons (Fsp3) is 0.647. The Morgan fingerprint density at radius 1 is 1.27 bits per heavy atom. The third-order valence-electron chi connectivity index (χ3n) is 4.94. The molecule has 0 spiro atoms. The number of aryl methyl sites for hydroxylation is 2. The second-order valence-electron chi connectivity index (χ2n) is 6.81. The lowest BCUT2D eigenvalue weighted by atomic mass is 9.77. The van der Waals surface area contributed by atoms with Crippen LogP contribution < -0.4 is 21.5 Å². The highest BCUT2D eigenvalue weighted by Gasteiger charge is 2.37. The Morgan fingerprint density at radius 3 is 2.77 bits per heavy atom. The van der Waals surface area contributed by atoms with Gasteiger partial charge in [-0.3, -0.25) is 20.6 Å². The minimum Gasteiger partial charge on any atom is -0.359 e. The van der Waals surface area contributed by atoms with Gasteiger partial charge in [0.25, 0.3) is 0 Å². The molecule has 4 N–H and O–H groups in total. The van der Waals surface area contributed by atoms with Crippen LogP contribution in [0, 0.1) is 25.7 Å². The quantitative estimate of drug-likeness (QED) is 0.594. The number of nitrogens with one attached hydrogen (secondary N) is 4. The van der Waals surface area contributed by atoms with E-state index in [1.54, 1.807) is 13.8 Å². The average molecular weight is 362 g/mol. The van der Waals surface area contributed by atoms with Crippen LogP contribution in [0.5, 0.6) is 0 Å². The Bertz CT molecular complexity index is 679. The first-order valence-electron chi connectivity index (χ1n) is 9.14. The predicted octanol–water partition coefficient (Wildman–Crippen LogP) is 1.64. The van der Waals surface area contributed by atoms with Crippen molar-refractivity contribution in [2.24, 2.45) is 16.8 Å². The van der Waals surface area contributed by atoms with Crippen molar-refractivity contribution in [3.63, 3.8) is 0 Å². The lowest BCUT2D eigenvalue weighted by Gasteiger charge is -2.36. The first-order valence-corrected chi connectivity index (χ1v) is 9.14. The highest BCUT2D eigenvalue weighted by atomic mass is 16.5. The molecule has 9 heteroatoms. The summed E-state index contributed by atoms with van der Waals surface area (Å²) in [4.78, 5) is 28.4. The molecule has 0 radical (unpaired) electrons. The fourth-order valence-corrected chi connectivity index (χ4v) is 3.54. The number of rotatable bonds is 5. The molecule has 0 bridgehead atoms. The maximum Gasteiger partial charge on any atom is 0.319 e. The molecule has 1 saturated heterocycles. The standard InChI is InChI=1S/C17H26N6O3/c1-10-14(11(2)26-23-10)20-17(25)19-9-5-8-18-15-12-6-3-4-7-13(12)16(24)22-21-15/h12-13H,3-9H2,1-2H3,(H,18,21)(H,22,24)(H2,19,20,25)/t12-,13+/m0/s1. The molecule has 2 atom stereocenters. The van der Waals surface area contributed by atoms with Crippen LogP contribution >= 0.6 is 0 Å². The molecule has 1 aromatic rings. The Balaban J connectivity index is 1.41. The SMILES string of the molecule is Cc1noc(C)c1NC(=O)NCCCN=C1NNC(=O)[C@@H]2CCCC[C@H]12. The first-order chi connectivity index (χ1) is 12.6. The highest BCUT2D eigenvalue weighted by molar-refractivity contribution is 5.95. The molecule has 26 heavy (non-hydrogen) atoms. The van der Waals surface area contributed by atoms with Gasteiger partial charge in [0.15, 0.2) is 5.76 Å². The smallest absolute Gasteiger partial charge is 0.319 e. The van der Waals surface area contributed by atoms with Crippen LogP contribution in [0.25, 0.3) is 0 Å². The van der Waals surface area contributed by atoms with E-state index in [0.717, 1.165) is 31.5 Å². The lowest BCUT2D eigenvalue weighted by molar-refractivity contribution is -0.128. The summed E-state index contributed by atoms with van der Waals surface area (Å²) < 4.78 is 5.01. The molecule has 1 aliphatic carbocycles. The van der Waals surface area contributed by atoms with Crippen LogP contribution in [-0.2, 0) is 4.79 Å². The van der Waals surface area contributed by atoms with Gasteiger partial charge in [0.2, 0.25) is 5.91 Å². The van der Waals surface area contributed by atoms with Gasteiger partial charge in [-0.25, -0.2) is 4.79 Å². The fourth-order valence-electron chi connectivity index (χ4n) is 3.54. The second-order valence-corrected chi connectivity index (χ2v) is 6.81. The van der Waals surface area contributed by atoms with Gasteiger partial charge < -0.3 is 15.2 Å². The van der Waals surface area contributed by atoms with E-state index in [0.29, 0.717) is 36.7 Å². The molecule has 0 aromatic carbocycles. The Kier molecular flexibility index (Phi) is 5.75. The summed E-state index contributed by atoms with van der Waals surface area (Å²) in [6, 6.07) is -0.289. The van der Waals surface area contributed by atoms with Crippen molar-refractivity contribution in [1.29, 1.82) is 0 Å². The first kappa shape index (κ1) is 18.2. The van der Waals surface area contributed by atoms with E-state index in [-0.39, 0.29) is 23.8 Å². The lowest BCUT2D eigenvalue weighted by Crippen LogP contribution is -2.57. The number of fused-ring (bicyclic) bond motifs is 1. The third kappa shape index (κ3) is 4.14. The molecule has 142 valence electrons. The molecular weight excluding hydrogens is 336 g/mol. The largest absolute Gasteiger partial charge is 0.359 e. The predicted molar refractivity (Wildman–Crippen MR) is 96.6 cm³/mol. The highest BCUT2D eigenvalue weighted by Crippen LogP contribution is 2.32. The van der Waals surface area contributed by atoms with E-state index < -0.39 is 0 Å². The number of hydrogen-bond donors (Lipinski definition) is 4. The molecule has 9 nitrogen and oxygen atoms in total. The molecule has 3 rings (SSSR count). The van der Waals surface area contributed by atoms with Crippen molar-refractivity contribution < 1.29 is 14.1 Å². The van der Waals surface area contributed by atoms with E-state index in [9.17, 15) is 9.59 Å². The van der Waals surface area contributed by atoms with Crippen molar-refractivity contribution in [3.05, 3.63) is 11.5 Å². The number of amidine groups is 1. The van der Waals surface area contributed by atoms with Crippen molar-refractivity contribution in [1.82, 2.24) is 21.3 Å². The van der Waals surface area contributed by atoms with Gasteiger partial charge in [-0.15, -0.1) is 0 Å². The van der Waals surface area contributed by atoms with E-state index >= 15 is 0 Å². The minimum atomic E-state index is -0.289. The number of hydrazine groups is 1. The molecule has 1 saturated carbocycles. The molecule has 3 amide bonds. The second kappa shape index (κ2) is 8.20. The molecule has 1 aromatic heterocycles. The van der Waals surface area contributed by atoms with Crippen molar-refractivity contribution in [3.8, 4) is 0 Å². The number of amides is 3. The van der Waals surface area contributed by atoms with Gasteiger partial charge in [-0.1, -0.05) is 18.0 Å². The topological polar surface area (TPSA) is 121 Å². The average Bonchev–Trinajstić information content (AvgIpc) is 2.95. The summed E-state index contributed by atoms with van der Waals surface area (Å²) in [6.07, 6.45) is 4.89. The Labute approximate surface area is 152 Å². The van der Waals surface area contributed by atoms with Gasteiger partial charge in [-0.2, -0.15) is 0 Å². The van der Waals surface area contributed by atoms with Gasteiger partial charge in [0.05, 0.1) is 0 Å². The van der Waals surface area contributed by atoms with Crippen LogP contribution in [0.2, 0.25) is 0 Å². The number of aromatic nitrogens is 1. The molecule has 0 unspecified atom stereocenters. The maximum absolute atomic E-state index is 11.9. The normalized spacial score (nSPS) is 23.8. The molecule has 1 aliphatic heterocycles. The number of anilines is 1. The summed E-state index contributed by atoms with van der Waals surface area (Å²) in [7, 11) is 0. The van der Waals surface area contributed by atoms with E-state index in [1.807, 2.05) is 0 Å². The number of carbonyl (C=O) groups excluding carboxylic acids is 2. The third-order valence-corrected chi connectivity index (χ3v) is 4.94. The van der Waals surface area contributed by atoms with Crippen molar-refractivity contribution in [2.45, 2.75) is 46.0 Å². The van der Waals surface area contributed by atoms with Crippen LogP contribution in [0.4, 0.5) is 10.5 Å². The zero-order valence-corrected chi connectivity index (χ0v) is 15.2. The van der Waals surface area contributed by atoms with Gasteiger partial charge in [0, 0.05) is 24.9 Å². The molecule has 2 aliphatic rings. The molecule has 2 fully saturated rings. The van der Waals surface area contributed by atoms with Crippen LogP contribution in [0.3, 0.4) is 0 Å². The maximum atomic E-state index is 11.9. The summed E-state index contributed by atoms with van der Waals surface area (Å²) in [5.41, 5.74) is 6.91. The summed E-state index contributed by atoms with van der Waals surface area (Å²) >= 11 is 0. The minimum absolute atomic E-state index is 0.0442. The Hall–Kier alpha value is -2.58. The number of hydrogen-bond acceptors (Lipinski definition) is 5. The number of nitrogens with zero attached hydrogens (tertiary/aromatic N) is 2. The summed E-state index contributed by atoms with van der Waals surface area (Å²) in [5.74, 6) is 1.77. The van der Waals surface area contributed by atoms with Crippen LogP contribution in [0.15, 0.2) is 9.52 Å². The number of urea groups is 1. The van der Waals surface area contributed by atoms with E-state index in [1.165, 1.54) is 0 Å².